The zero-order chi connectivity index (χ0) is 13.9. The van der Waals surface area contributed by atoms with E-state index in [1.165, 1.54) is 6.07 Å². The molecule has 1 aromatic carbocycles. The predicted molar refractivity (Wildman–Crippen MR) is 55.6 cm³/mol. The third-order valence-corrected chi connectivity index (χ3v) is 2.22. The molecule has 0 unspecified atom stereocenters. The maximum Gasteiger partial charge on any atom is 0.423 e. The first-order valence-electron chi connectivity index (χ1n) is 4.84. The lowest BCUT2D eigenvalue weighted by Crippen LogP contribution is -2.12. The summed E-state index contributed by atoms with van der Waals surface area (Å²) in [6.07, 6.45) is -4.92. The summed E-state index contributed by atoms with van der Waals surface area (Å²) in [7, 11) is 0. The lowest BCUT2D eigenvalue weighted by Gasteiger charge is -2.09. The highest BCUT2D eigenvalue weighted by molar-refractivity contribution is 5.74. The van der Waals surface area contributed by atoms with Crippen LogP contribution < -0.4 is 5.73 Å². The molecule has 0 aliphatic carbocycles. The Balaban J connectivity index is 3.14. The van der Waals surface area contributed by atoms with Gasteiger partial charge in [0.1, 0.15) is 5.56 Å². The number of nitrogens with zero attached hydrogens (tertiary/aromatic N) is 1. The summed E-state index contributed by atoms with van der Waals surface area (Å²) in [5.74, 6) is -0.651. The summed E-state index contributed by atoms with van der Waals surface area (Å²) in [6, 6.07) is 2.62. The summed E-state index contributed by atoms with van der Waals surface area (Å²) in [6.45, 7) is 0. The van der Waals surface area contributed by atoms with Gasteiger partial charge in [-0.3, -0.25) is 14.9 Å². The molecular formula is C10H9F3N2O3. The zero-order valence-corrected chi connectivity index (χ0v) is 9.03. The molecule has 0 aromatic heterocycles. The van der Waals surface area contributed by atoms with Crippen molar-refractivity contribution in [3.05, 3.63) is 39.4 Å². The van der Waals surface area contributed by atoms with E-state index in [1.54, 1.807) is 0 Å². The van der Waals surface area contributed by atoms with E-state index in [9.17, 15) is 28.1 Å². The average Bonchev–Trinajstić information content (AvgIpc) is 2.24. The van der Waals surface area contributed by atoms with Crippen LogP contribution in [0.1, 0.15) is 17.5 Å². The number of rotatable bonds is 4. The van der Waals surface area contributed by atoms with Crippen molar-refractivity contribution in [1.82, 2.24) is 0 Å². The molecule has 0 saturated carbocycles. The molecule has 0 radical (unpaired) electrons. The Hall–Kier alpha value is -2.12. The standard InChI is InChI=1S/C10H9F3N2O3/c11-10(12,13)7-5-6(2-4-9(14)16)1-3-8(7)15(17)18/h1,3,5H,2,4H2,(H2,14,16). The van der Waals surface area contributed by atoms with Crippen LogP contribution >= 0.6 is 0 Å². The second-order valence-electron chi connectivity index (χ2n) is 3.57. The van der Waals surface area contributed by atoms with Gasteiger partial charge in [0, 0.05) is 12.5 Å². The summed E-state index contributed by atoms with van der Waals surface area (Å²) < 4.78 is 37.8. The normalized spacial score (nSPS) is 11.3. The number of primary amides is 1. The molecular weight excluding hydrogens is 253 g/mol. The van der Waals surface area contributed by atoms with Gasteiger partial charge in [-0.15, -0.1) is 0 Å². The Morgan fingerprint density at radius 1 is 1.39 bits per heavy atom. The summed E-state index contributed by atoms with van der Waals surface area (Å²) >= 11 is 0. The molecule has 0 saturated heterocycles. The quantitative estimate of drug-likeness (QED) is 0.665. The maximum atomic E-state index is 12.6. The van der Waals surface area contributed by atoms with Gasteiger partial charge in [-0.05, 0) is 18.1 Å². The molecule has 0 atom stereocenters. The molecule has 1 rings (SSSR count). The van der Waals surface area contributed by atoms with Crippen molar-refractivity contribution in [2.24, 2.45) is 5.73 Å². The summed E-state index contributed by atoms with van der Waals surface area (Å²) in [4.78, 5) is 19.9. The van der Waals surface area contributed by atoms with E-state index >= 15 is 0 Å². The van der Waals surface area contributed by atoms with Gasteiger partial charge in [0.15, 0.2) is 0 Å². The van der Waals surface area contributed by atoms with E-state index in [4.69, 9.17) is 5.73 Å². The predicted octanol–water partition coefficient (Wildman–Crippen LogP) is 2.03. The van der Waals surface area contributed by atoms with Crippen molar-refractivity contribution in [2.45, 2.75) is 19.0 Å². The van der Waals surface area contributed by atoms with E-state index in [-0.39, 0.29) is 18.4 Å². The number of hydrogen-bond acceptors (Lipinski definition) is 3. The lowest BCUT2D eigenvalue weighted by atomic mass is 10.0. The number of carbonyl (C=O) groups is 1. The van der Waals surface area contributed by atoms with Gasteiger partial charge in [-0.25, -0.2) is 0 Å². The van der Waals surface area contributed by atoms with Crippen molar-refractivity contribution in [3.63, 3.8) is 0 Å². The van der Waals surface area contributed by atoms with Crippen LogP contribution in [0.3, 0.4) is 0 Å². The monoisotopic (exact) mass is 262 g/mol. The Morgan fingerprint density at radius 2 is 2.00 bits per heavy atom. The molecule has 2 N–H and O–H groups in total. The van der Waals surface area contributed by atoms with Gasteiger partial charge in [-0.1, -0.05) is 6.07 Å². The van der Waals surface area contributed by atoms with E-state index in [0.717, 1.165) is 6.07 Å². The Kier molecular flexibility index (Phi) is 3.89. The van der Waals surface area contributed by atoms with Gasteiger partial charge in [0.05, 0.1) is 4.92 Å². The average molecular weight is 262 g/mol. The SMILES string of the molecule is NC(=O)CCc1ccc([N+](=O)[O-])c(C(F)(F)F)c1. The molecule has 0 heterocycles. The van der Waals surface area contributed by atoms with Gasteiger partial charge < -0.3 is 5.73 Å². The van der Waals surface area contributed by atoms with Crippen LogP contribution in [-0.2, 0) is 17.4 Å². The van der Waals surface area contributed by atoms with Crippen molar-refractivity contribution >= 4 is 11.6 Å². The minimum atomic E-state index is -4.81. The number of hydrogen-bond donors (Lipinski definition) is 1. The highest BCUT2D eigenvalue weighted by Crippen LogP contribution is 2.36. The van der Waals surface area contributed by atoms with Crippen LogP contribution in [0.4, 0.5) is 18.9 Å². The van der Waals surface area contributed by atoms with Crippen LogP contribution in [0, 0.1) is 10.1 Å². The number of benzene rings is 1. The number of nitro benzene ring substituents is 1. The second kappa shape index (κ2) is 5.03. The van der Waals surface area contributed by atoms with Gasteiger partial charge in [0.2, 0.25) is 5.91 Å². The lowest BCUT2D eigenvalue weighted by molar-refractivity contribution is -0.388. The number of carbonyl (C=O) groups excluding carboxylic acids is 1. The molecule has 98 valence electrons. The van der Waals surface area contributed by atoms with Gasteiger partial charge in [-0.2, -0.15) is 13.2 Å². The molecule has 0 bridgehead atoms. The van der Waals surface area contributed by atoms with Crippen molar-refractivity contribution in [2.75, 3.05) is 0 Å². The van der Waals surface area contributed by atoms with E-state index in [2.05, 4.69) is 0 Å². The third kappa shape index (κ3) is 3.44. The number of nitrogens with two attached hydrogens (primary N) is 1. The molecule has 1 amide bonds. The number of nitro groups is 1. The molecule has 1 aromatic rings. The fourth-order valence-electron chi connectivity index (χ4n) is 1.39. The first kappa shape index (κ1) is 13.9. The molecule has 8 heteroatoms. The van der Waals surface area contributed by atoms with E-state index in [1.807, 2.05) is 0 Å². The van der Waals surface area contributed by atoms with Gasteiger partial charge >= 0.3 is 6.18 Å². The molecule has 0 aliphatic heterocycles. The van der Waals surface area contributed by atoms with Crippen molar-refractivity contribution in [3.8, 4) is 0 Å². The molecule has 0 aliphatic rings. The first-order valence-corrected chi connectivity index (χ1v) is 4.84. The second-order valence-corrected chi connectivity index (χ2v) is 3.57. The highest BCUT2D eigenvalue weighted by atomic mass is 19.4. The third-order valence-electron chi connectivity index (χ3n) is 2.22. The number of amides is 1. The Bertz CT molecular complexity index is 486. The zero-order valence-electron chi connectivity index (χ0n) is 9.03. The van der Waals surface area contributed by atoms with Crippen LogP contribution in [0.5, 0.6) is 0 Å². The highest BCUT2D eigenvalue weighted by Gasteiger charge is 2.38. The van der Waals surface area contributed by atoms with Crippen LogP contribution in [0.15, 0.2) is 18.2 Å². The maximum absolute atomic E-state index is 12.6. The number of aryl methyl sites for hydroxylation is 1. The number of halogens is 3. The smallest absolute Gasteiger partial charge is 0.370 e. The minimum absolute atomic E-state index is 0.0103. The summed E-state index contributed by atoms with van der Waals surface area (Å²) in [5.41, 5.74) is 2.71. The van der Waals surface area contributed by atoms with Crippen molar-refractivity contribution < 1.29 is 22.9 Å². The molecule has 18 heavy (non-hydrogen) atoms. The van der Waals surface area contributed by atoms with E-state index in [0.29, 0.717) is 6.07 Å². The fraction of sp³-hybridized carbons (Fsp3) is 0.300. The van der Waals surface area contributed by atoms with Gasteiger partial charge in [0.25, 0.3) is 5.69 Å². The first-order chi connectivity index (χ1) is 8.21. The van der Waals surface area contributed by atoms with Crippen LogP contribution in [0.25, 0.3) is 0 Å². The molecule has 0 spiro atoms. The van der Waals surface area contributed by atoms with Crippen molar-refractivity contribution in [1.29, 1.82) is 0 Å². The van der Waals surface area contributed by atoms with Crippen LogP contribution in [-0.4, -0.2) is 10.8 Å². The van der Waals surface area contributed by atoms with E-state index < -0.39 is 28.3 Å². The Labute approximate surface area is 99.5 Å². The number of alkyl halides is 3. The summed E-state index contributed by atoms with van der Waals surface area (Å²) in [5, 5.41) is 10.5. The molecule has 0 fully saturated rings. The fourth-order valence-corrected chi connectivity index (χ4v) is 1.39. The molecule has 5 nitrogen and oxygen atoms in total. The van der Waals surface area contributed by atoms with Crippen LogP contribution in [0.2, 0.25) is 0 Å². The minimum Gasteiger partial charge on any atom is -0.370 e. The topological polar surface area (TPSA) is 86.2 Å². The Morgan fingerprint density at radius 3 is 2.44 bits per heavy atom. The largest absolute Gasteiger partial charge is 0.423 e.